The Morgan fingerprint density at radius 2 is 1.00 bits per heavy atom. The molecule has 0 radical (unpaired) electrons. The first-order chi connectivity index (χ1) is 27.3. The lowest BCUT2D eigenvalue weighted by Gasteiger charge is -2.19. The average Bonchev–Trinajstić information content (AvgIpc) is 3.18. The van der Waals surface area contributed by atoms with Gasteiger partial charge in [-0.15, -0.1) is 0 Å². The number of allylic oxidation sites excluding steroid dienone is 12. The van der Waals surface area contributed by atoms with Crippen LogP contribution in [-0.2, 0) is 32.7 Å². The van der Waals surface area contributed by atoms with E-state index in [4.69, 9.17) is 18.5 Å². The smallest absolute Gasteiger partial charge is 0.462 e. The minimum Gasteiger partial charge on any atom is -0.462 e. The van der Waals surface area contributed by atoms with E-state index in [0.717, 1.165) is 57.8 Å². The van der Waals surface area contributed by atoms with Gasteiger partial charge < -0.3 is 19.7 Å². The lowest BCUT2D eigenvalue weighted by molar-refractivity contribution is -0.161. The number of carbonyl (C=O) groups excluding carboxylic acids is 2. The third kappa shape index (κ3) is 41.1. The second kappa shape index (κ2) is 42.1. The molecule has 0 saturated heterocycles. The van der Waals surface area contributed by atoms with Crippen molar-refractivity contribution in [1.29, 1.82) is 0 Å². The Balaban J connectivity index is 4.38. The molecule has 0 aromatic carbocycles. The fourth-order valence-electron chi connectivity index (χ4n) is 5.47. The van der Waals surface area contributed by atoms with Gasteiger partial charge in [-0.3, -0.25) is 18.6 Å². The van der Waals surface area contributed by atoms with Crippen molar-refractivity contribution >= 4 is 19.8 Å². The molecule has 322 valence electrons. The van der Waals surface area contributed by atoms with Gasteiger partial charge in [-0.05, 0) is 84.1 Å². The summed E-state index contributed by atoms with van der Waals surface area (Å²) in [5.74, 6) is -0.918. The summed E-state index contributed by atoms with van der Waals surface area (Å²) in [6.07, 6.45) is 49.6. The topological polar surface area (TPSA) is 120 Å². The standard InChI is InChI=1S/C46H80NO8P/c1-4-6-8-10-12-14-16-18-20-21-22-23-25-27-29-31-33-35-37-39-46(49)55-44(43-54-56(50,51)53-41-40-47-3)42-52-45(48)38-36-34-32-30-28-26-24-19-17-15-13-11-9-7-5-2/h12,14,18-20,22-24,27,29,33,35,44,47H,4-11,13,15-17,21,25-26,28,30-32,34,36-43H2,1-3H3,(H,50,51)/b14-12-,20-18-,23-22-,24-19-,29-27-,35-33-. The van der Waals surface area contributed by atoms with Gasteiger partial charge in [-0.25, -0.2) is 4.57 Å². The molecule has 0 fully saturated rings. The van der Waals surface area contributed by atoms with Gasteiger partial charge in [0.2, 0.25) is 0 Å². The average molecular weight is 806 g/mol. The predicted octanol–water partition coefficient (Wildman–Crippen LogP) is 12.5. The van der Waals surface area contributed by atoms with E-state index >= 15 is 0 Å². The first-order valence-corrected chi connectivity index (χ1v) is 23.4. The Hall–Kier alpha value is -2.55. The summed E-state index contributed by atoms with van der Waals surface area (Å²) < 4.78 is 33.1. The quantitative estimate of drug-likeness (QED) is 0.0270. The van der Waals surface area contributed by atoms with Crippen LogP contribution in [0.1, 0.15) is 168 Å². The van der Waals surface area contributed by atoms with Crippen molar-refractivity contribution in [2.45, 2.75) is 174 Å². The minimum atomic E-state index is -4.37. The lowest BCUT2D eigenvalue weighted by Crippen LogP contribution is -2.29. The van der Waals surface area contributed by atoms with Crippen LogP contribution in [0, 0.1) is 0 Å². The van der Waals surface area contributed by atoms with E-state index in [0.29, 0.717) is 19.4 Å². The molecule has 0 amide bonds. The zero-order valence-corrected chi connectivity index (χ0v) is 36.5. The third-order valence-electron chi connectivity index (χ3n) is 8.81. The third-order valence-corrected chi connectivity index (χ3v) is 9.80. The van der Waals surface area contributed by atoms with Crippen molar-refractivity contribution < 1.29 is 37.6 Å². The first-order valence-electron chi connectivity index (χ1n) is 21.9. The molecule has 10 heteroatoms. The van der Waals surface area contributed by atoms with E-state index in [-0.39, 0.29) is 26.1 Å². The molecule has 0 saturated carbocycles. The lowest BCUT2D eigenvalue weighted by atomic mass is 10.1. The minimum absolute atomic E-state index is 0.0347. The molecule has 2 unspecified atom stereocenters. The van der Waals surface area contributed by atoms with E-state index < -0.39 is 32.5 Å². The van der Waals surface area contributed by atoms with E-state index in [1.807, 2.05) is 12.2 Å². The van der Waals surface area contributed by atoms with Gasteiger partial charge in [0, 0.05) is 19.4 Å². The summed E-state index contributed by atoms with van der Waals surface area (Å²) in [4.78, 5) is 35.0. The maximum Gasteiger partial charge on any atom is 0.472 e. The molecule has 2 N–H and O–H groups in total. The van der Waals surface area contributed by atoms with Gasteiger partial charge in [0.05, 0.1) is 13.2 Å². The number of nitrogens with one attached hydrogen (secondary N) is 1. The molecule has 2 atom stereocenters. The highest BCUT2D eigenvalue weighted by Crippen LogP contribution is 2.43. The second-order valence-electron chi connectivity index (χ2n) is 14.2. The molecule has 0 aliphatic heterocycles. The highest BCUT2D eigenvalue weighted by molar-refractivity contribution is 7.47. The van der Waals surface area contributed by atoms with Crippen molar-refractivity contribution in [1.82, 2.24) is 5.32 Å². The Kier molecular flexibility index (Phi) is 40.2. The van der Waals surface area contributed by atoms with Crippen LogP contribution in [0.5, 0.6) is 0 Å². The summed E-state index contributed by atoms with van der Waals surface area (Å²) in [6.45, 7) is 4.08. The van der Waals surface area contributed by atoms with Crippen LogP contribution in [0.25, 0.3) is 0 Å². The molecule has 0 aromatic heterocycles. The van der Waals surface area contributed by atoms with E-state index in [1.54, 1.807) is 7.05 Å². The van der Waals surface area contributed by atoms with Crippen LogP contribution in [0.15, 0.2) is 72.9 Å². The van der Waals surface area contributed by atoms with Crippen molar-refractivity contribution in [3.63, 3.8) is 0 Å². The number of unbranched alkanes of at least 4 members (excludes halogenated alkanes) is 14. The number of hydrogen-bond donors (Lipinski definition) is 2. The largest absolute Gasteiger partial charge is 0.472 e. The summed E-state index contributed by atoms with van der Waals surface area (Å²) in [7, 11) is -2.68. The van der Waals surface area contributed by atoms with Gasteiger partial charge in [0.25, 0.3) is 0 Å². The zero-order valence-electron chi connectivity index (χ0n) is 35.6. The molecule has 0 aliphatic carbocycles. The number of carbonyl (C=O) groups is 2. The number of phosphoric acid groups is 1. The van der Waals surface area contributed by atoms with Gasteiger partial charge >= 0.3 is 19.8 Å². The van der Waals surface area contributed by atoms with Crippen LogP contribution in [0.4, 0.5) is 0 Å². The van der Waals surface area contributed by atoms with E-state index in [1.165, 1.54) is 70.6 Å². The molecule has 9 nitrogen and oxygen atoms in total. The molecule has 0 bridgehead atoms. The summed E-state index contributed by atoms with van der Waals surface area (Å²) in [6, 6.07) is 0. The van der Waals surface area contributed by atoms with Gasteiger partial charge in [0.1, 0.15) is 6.61 Å². The fraction of sp³-hybridized carbons (Fsp3) is 0.696. The summed E-state index contributed by atoms with van der Waals surface area (Å²) >= 11 is 0. The fourth-order valence-corrected chi connectivity index (χ4v) is 6.22. The second-order valence-corrected chi connectivity index (χ2v) is 15.6. The molecule has 0 aromatic rings. The Morgan fingerprint density at radius 1 is 0.554 bits per heavy atom. The van der Waals surface area contributed by atoms with Crippen molar-refractivity contribution in [3.05, 3.63) is 72.9 Å². The molecular weight excluding hydrogens is 725 g/mol. The number of phosphoric ester groups is 1. The number of esters is 2. The molecule has 0 heterocycles. The highest BCUT2D eigenvalue weighted by Gasteiger charge is 2.26. The Labute approximate surface area is 342 Å². The van der Waals surface area contributed by atoms with Crippen LogP contribution in [-0.4, -0.2) is 56.3 Å². The first kappa shape index (κ1) is 53.5. The van der Waals surface area contributed by atoms with Crippen LogP contribution < -0.4 is 5.32 Å². The molecule has 0 rings (SSSR count). The molecule has 56 heavy (non-hydrogen) atoms. The predicted molar refractivity (Wildman–Crippen MR) is 233 cm³/mol. The number of rotatable bonds is 40. The van der Waals surface area contributed by atoms with E-state index in [9.17, 15) is 19.0 Å². The maximum absolute atomic E-state index is 12.6. The monoisotopic (exact) mass is 806 g/mol. The number of hydrogen-bond acceptors (Lipinski definition) is 8. The highest BCUT2D eigenvalue weighted by atomic mass is 31.2. The zero-order chi connectivity index (χ0) is 41.1. The van der Waals surface area contributed by atoms with Crippen LogP contribution >= 0.6 is 7.82 Å². The Morgan fingerprint density at radius 3 is 1.55 bits per heavy atom. The molecule has 0 spiro atoms. The summed E-state index contributed by atoms with van der Waals surface area (Å²) in [5, 5.41) is 2.81. The van der Waals surface area contributed by atoms with Crippen LogP contribution in [0.3, 0.4) is 0 Å². The van der Waals surface area contributed by atoms with Crippen molar-refractivity contribution in [2.75, 3.05) is 33.4 Å². The van der Waals surface area contributed by atoms with Crippen LogP contribution in [0.2, 0.25) is 0 Å². The van der Waals surface area contributed by atoms with Crippen molar-refractivity contribution in [2.24, 2.45) is 0 Å². The normalized spacial score (nSPS) is 14.0. The maximum atomic E-state index is 12.6. The summed E-state index contributed by atoms with van der Waals surface area (Å²) in [5.41, 5.74) is 0. The van der Waals surface area contributed by atoms with E-state index in [2.05, 4.69) is 79.9 Å². The number of ether oxygens (including phenoxy) is 2. The SMILES string of the molecule is CCCCC/C=C\C/C=C\C/C=C\C/C=C\C/C=C\CCC(=O)OC(COC(=O)CCCCCCC/C=C\CCCCCCCC)COP(=O)(O)OCCNC. The van der Waals surface area contributed by atoms with Gasteiger partial charge in [-0.2, -0.15) is 0 Å². The number of likely N-dealkylation sites (N-methyl/N-ethyl adjacent to an activating group) is 1. The Bertz CT molecular complexity index is 1150. The van der Waals surface area contributed by atoms with Gasteiger partial charge in [-0.1, -0.05) is 151 Å². The molecular formula is C46H80NO8P. The van der Waals surface area contributed by atoms with Crippen molar-refractivity contribution in [3.8, 4) is 0 Å². The molecule has 0 aliphatic rings. The van der Waals surface area contributed by atoms with Gasteiger partial charge in [0.15, 0.2) is 6.10 Å².